The molecule has 3 aromatic heterocycles. The fourth-order valence-corrected chi connectivity index (χ4v) is 4.29. The van der Waals surface area contributed by atoms with Crippen molar-refractivity contribution in [3.63, 3.8) is 0 Å². The van der Waals surface area contributed by atoms with E-state index in [4.69, 9.17) is 20.2 Å². The molecule has 5 rings (SSSR count). The van der Waals surface area contributed by atoms with Crippen molar-refractivity contribution in [3.8, 4) is 11.4 Å². The highest BCUT2D eigenvalue weighted by Gasteiger charge is 2.25. The van der Waals surface area contributed by atoms with Gasteiger partial charge in [0.2, 0.25) is 5.95 Å². The number of rotatable bonds is 2. The summed E-state index contributed by atoms with van der Waals surface area (Å²) in [4.78, 5) is 33.4. The molecule has 0 aliphatic carbocycles. The summed E-state index contributed by atoms with van der Waals surface area (Å²) in [5.74, 6) is 0.728. The number of morpholine rings is 1. The molecule has 0 unspecified atom stereocenters. The number of nitrogen functional groups attached to an aromatic ring is 1. The van der Waals surface area contributed by atoms with Crippen LogP contribution in [0.15, 0.2) is 34.9 Å². The topological polar surface area (TPSA) is 121 Å². The van der Waals surface area contributed by atoms with Gasteiger partial charge in [-0.25, -0.2) is 19.3 Å². The SMILES string of the molecule is CC(C)(C)OC(=O)n1c(-c2cnc3nc(N)nc(N4CCOCC4)c3n2)cc2cc(Br)ccc21. The second-order valence-corrected chi connectivity index (χ2v) is 9.90. The molecule has 4 aromatic rings. The molecule has 1 aromatic carbocycles. The normalized spacial score (nSPS) is 14.6. The molecule has 0 spiro atoms. The quantitative estimate of drug-likeness (QED) is 0.413. The third-order valence-corrected chi connectivity index (χ3v) is 5.81. The zero-order chi connectivity index (χ0) is 24.0. The van der Waals surface area contributed by atoms with E-state index in [9.17, 15) is 4.79 Å². The molecular formula is C23H24BrN7O3. The van der Waals surface area contributed by atoms with Crippen LogP contribution in [0.5, 0.6) is 0 Å². The van der Waals surface area contributed by atoms with Crippen LogP contribution in [0.3, 0.4) is 0 Å². The Bertz CT molecular complexity index is 1410. The predicted molar refractivity (Wildman–Crippen MR) is 133 cm³/mol. The number of halogens is 1. The van der Waals surface area contributed by atoms with Gasteiger partial charge in [-0.15, -0.1) is 0 Å². The van der Waals surface area contributed by atoms with Gasteiger partial charge in [-0.2, -0.15) is 9.97 Å². The van der Waals surface area contributed by atoms with Crippen molar-refractivity contribution in [2.24, 2.45) is 0 Å². The highest BCUT2D eigenvalue weighted by Crippen LogP contribution is 2.32. The predicted octanol–water partition coefficient (Wildman–Crippen LogP) is 4.01. The van der Waals surface area contributed by atoms with E-state index < -0.39 is 11.7 Å². The Morgan fingerprint density at radius 1 is 1.15 bits per heavy atom. The van der Waals surface area contributed by atoms with Crippen LogP contribution in [0.2, 0.25) is 0 Å². The molecule has 34 heavy (non-hydrogen) atoms. The lowest BCUT2D eigenvalue weighted by atomic mass is 10.2. The number of nitrogens with zero attached hydrogens (tertiary/aromatic N) is 6. The minimum absolute atomic E-state index is 0.128. The highest BCUT2D eigenvalue weighted by molar-refractivity contribution is 9.10. The molecule has 11 heteroatoms. The molecule has 4 heterocycles. The first-order valence-electron chi connectivity index (χ1n) is 10.9. The van der Waals surface area contributed by atoms with Gasteiger partial charge in [0.05, 0.1) is 30.6 Å². The maximum absolute atomic E-state index is 13.3. The fourth-order valence-electron chi connectivity index (χ4n) is 3.91. The average molecular weight is 526 g/mol. The first-order chi connectivity index (χ1) is 16.2. The summed E-state index contributed by atoms with van der Waals surface area (Å²) in [6.07, 6.45) is 1.09. The van der Waals surface area contributed by atoms with Crippen LogP contribution >= 0.6 is 15.9 Å². The van der Waals surface area contributed by atoms with Gasteiger partial charge in [-0.05, 0) is 45.0 Å². The molecule has 2 N–H and O–H groups in total. The van der Waals surface area contributed by atoms with E-state index in [1.54, 1.807) is 6.20 Å². The van der Waals surface area contributed by atoms with Crippen LogP contribution in [0, 0.1) is 0 Å². The van der Waals surface area contributed by atoms with Gasteiger partial charge < -0.3 is 20.1 Å². The van der Waals surface area contributed by atoms with Gasteiger partial charge in [0.15, 0.2) is 17.0 Å². The smallest absolute Gasteiger partial charge is 0.419 e. The van der Waals surface area contributed by atoms with Crippen LogP contribution in [0.25, 0.3) is 33.5 Å². The number of benzene rings is 1. The molecule has 176 valence electrons. The molecule has 0 amide bonds. The Morgan fingerprint density at radius 3 is 2.65 bits per heavy atom. The van der Waals surface area contributed by atoms with Gasteiger partial charge >= 0.3 is 6.09 Å². The lowest BCUT2D eigenvalue weighted by molar-refractivity contribution is 0.0547. The summed E-state index contributed by atoms with van der Waals surface area (Å²) in [5, 5.41) is 0.860. The molecule has 1 fully saturated rings. The number of hydrogen-bond donors (Lipinski definition) is 1. The molecule has 0 bridgehead atoms. The van der Waals surface area contributed by atoms with E-state index >= 15 is 0 Å². The summed E-state index contributed by atoms with van der Waals surface area (Å²) < 4.78 is 13.6. The second kappa shape index (κ2) is 8.48. The van der Waals surface area contributed by atoms with Crippen molar-refractivity contribution >= 4 is 55.9 Å². The van der Waals surface area contributed by atoms with E-state index in [0.29, 0.717) is 60.2 Å². The molecule has 1 aliphatic rings. The lowest BCUT2D eigenvalue weighted by Crippen LogP contribution is -2.37. The van der Waals surface area contributed by atoms with Gasteiger partial charge in [0.1, 0.15) is 11.3 Å². The van der Waals surface area contributed by atoms with Crippen molar-refractivity contribution < 1.29 is 14.3 Å². The van der Waals surface area contributed by atoms with E-state index in [-0.39, 0.29) is 5.95 Å². The van der Waals surface area contributed by atoms with E-state index in [0.717, 1.165) is 9.86 Å². The Hall–Kier alpha value is -3.31. The van der Waals surface area contributed by atoms with Crippen LogP contribution in [0.1, 0.15) is 20.8 Å². The number of carbonyl (C=O) groups is 1. The Labute approximate surface area is 204 Å². The standard InChI is InChI=1S/C23H24BrN7O3/c1-23(2,3)34-22(32)31-16-5-4-14(24)10-13(16)11-17(31)15-12-26-19-18(27-15)20(29-21(25)28-19)30-6-8-33-9-7-30/h4-5,10-12H,6-9H2,1-3H3,(H2,25,26,28,29). The number of carbonyl (C=O) groups excluding carboxylic acids is 1. The monoisotopic (exact) mass is 525 g/mol. The minimum atomic E-state index is -0.662. The van der Waals surface area contributed by atoms with E-state index in [1.165, 1.54) is 4.57 Å². The first-order valence-corrected chi connectivity index (χ1v) is 11.7. The summed E-state index contributed by atoms with van der Waals surface area (Å²) in [6.45, 7) is 7.98. The maximum atomic E-state index is 13.3. The van der Waals surface area contributed by atoms with Gasteiger partial charge in [-0.1, -0.05) is 15.9 Å². The molecular weight excluding hydrogens is 502 g/mol. The number of hydrogen-bond acceptors (Lipinski definition) is 9. The molecule has 0 atom stereocenters. The van der Waals surface area contributed by atoms with Crippen LogP contribution in [0.4, 0.5) is 16.6 Å². The van der Waals surface area contributed by atoms with Crippen molar-refractivity contribution in [3.05, 3.63) is 34.9 Å². The highest BCUT2D eigenvalue weighted by atomic mass is 79.9. The Morgan fingerprint density at radius 2 is 1.91 bits per heavy atom. The van der Waals surface area contributed by atoms with Crippen molar-refractivity contribution in [1.82, 2.24) is 24.5 Å². The number of aromatic nitrogens is 5. The van der Waals surface area contributed by atoms with Crippen molar-refractivity contribution in [1.29, 1.82) is 0 Å². The average Bonchev–Trinajstić information content (AvgIpc) is 3.16. The van der Waals surface area contributed by atoms with E-state index in [1.807, 2.05) is 45.0 Å². The Balaban J connectivity index is 1.71. The molecule has 10 nitrogen and oxygen atoms in total. The van der Waals surface area contributed by atoms with Crippen molar-refractivity contribution in [2.75, 3.05) is 36.9 Å². The number of anilines is 2. The zero-order valence-electron chi connectivity index (χ0n) is 19.1. The van der Waals surface area contributed by atoms with Crippen LogP contribution < -0.4 is 10.6 Å². The third kappa shape index (κ3) is 4.28. The summed E-state index contributed by atoms with van der Waals surface area (Å²) >= 11 is 3.50. The number of ether oxygens (including phenoxy) is 2. The molecule has 0 saturated carbocycles. The third-order valence-electron chi connectivity index (χ3n) is 5.32. The van der Waals surface area contributed by atoms with E-state index in [2.05, 4.69) is 35.8 Å². The largest absolute Gasteiger partial charge is 0.443 e. The van der Waals surface area contributed by atoms with Crippen LogP contribution in [-0.4, -0.2) is 62.5 Å². The van der Waals surface area contributed by atoms with Gasteiger partial charge in [-0.3, -0.25) is 0 Å². The molecule has 1 aliphatic heterocycles. The van der Waals surface area contributed by atoms with Crippen molar-refractivity contribution in [2.45, 2.75) is 26.4 Å². The molecule has 1 saturated heterocycles. The maximum Gasteiger partial charge on any atom is 0.419 e. The van der Waals surface area contributed by atoms with Gasteiger partial charge in [0.25, 0.3) is 0 Å². The zero-order valence-corrected chi connectivity index (χ0v) is 20.7. The summed E-state index contributed by atoms with van der Waals surface area (Å²) in [7, 11) is 0. The first kappa shape index (κ1) is 22.5. The number of fused-ring (bicyclic) bond motifs is 2. The Kier molecular flexibility index (Phi) is 5.61. The molecule has 0 radical (unpaired) electrons. The number of nitrogens with two attached hydrogens (primary N) is 1. The second-order valence-electron chi connectivity index (χ2n) is 8.98. The lowest BCUT2D eigenvalue weighted by Gasteiger charge is -2.28. The van der Waals surface area contributed by atoms with Gasteiger partial charge in [0, 0.05) is 22.9 Å². The summed E-state index contributed by atoms with van der Waals surface area (Å²) in [5.41, 5.74) is 7.94. The fraction of sp³-hybridized carbons (Fsp3) is 0.348. The minimum Gasteiger partial charge on any atom is -0.443 e. The van der Waals surface area contributed by atoms with Crippen LogP contribution in [-0.2, 0) is 9.47 Å². The summed E-state index contributed by atoms with van der Waals surface area (Å²) in [6, 6.07) is 7.58.